The van der Waals surface area contributed by atoms with E-state index < -0.39 is 0 Å². The molecule has 2 heterocycles. The van der Waals surface area contributed by atoms with Gasteiger partial charge in [-0.05, 0) is 32.7 Å². The summed E-state index contributed by atoms with van der Waals surface area (Å²) in [7, 11) is 0. The number of hydrazine groups is 1. The van der Waals surface area contributed by atoms with Crippen LogP contribution in [-0.4, -0.2) is 53.5 Å². The molecule has 2 saturated heterocycles. The van der Waals surface area contributed by atoms with E-state index in [2.05, 4.69) is 22.1 Å². The van der Waals surface area contributed by atoms with Gasteiger partial charge in [-0.3, -0.25) is 20.0 Å². The van der Waals surface area contributed by atoms with Crippen molar-refractivity contribution in [3.05, 3.63) is 0 Å². The minimum atomic E-state index is -0.0715. The van der Waals surface area contributed by atoms with Gasteiger partial charge < -0.3 is 0 Å². The van der Waals surface area contributed by atoms with Crippen LogP contribution in [0.2, 0.25) is 0 Å². The molecule has 3 atom stereocenters. The van der Waals surface area contributed by atoms with Crippen LogP contribution in [0.4, 0.5) is 0 Å². The van der Waals surface area contributed by atoms with Crippen molar-refractivity contribution in [3.63, 3.8) is 0 Å². The number of piperazine rings is 1. The van der Waals surface area contributed by atoms with Crippen molar-refractivity contribution < 1.29 is 4.79 Å². The van der Waals surface area contributed by atoms with E-state index in [-0.39, 0.29) is 11.9 Å². The van der Waals surface area contributed by atoms with E-state index in [1.165, 1.54) is 19.4 Å². The number of hydrogen-bond donors (Lipinski definition) is 2. The van der Waals surface area contributed by atoms with Crippen molar-refractivity contribution in [2.75, 3.05) is 19.6 Å². The quantitative estimate of drug-likeness (QED) is 0.412. The number of rotatable bonds is 3. The summed E-state index contributed by atoms with van der Waals surface area (Å²) in [6.07, 6.45) is 3.38. The number of nitrogens with two attached hydrogens (primary N) is 1. The third kappa shape index (κ3) is 2.46. The molecule has 5 nitrogen and oxygen atoms in total. The van der Waals surface area contributed by atoms with Crippen LogP contribution in [-0.2, 0) is 4.79 Å². The first-order chi connectivity index (χ1) is 8.17. The molecule has 0 spiro atoms. The number of nitrogens with zero attached hydrogens (tertiary/aromatic N) is 2. The molecule has 2 rings (SSSR count). The number of fused-ring (bicyclic) bond motifs is 1. The maximum atomic E-state index is 11.8. The lowest BCUT2D eigenvalue weighted by Crippen LogP contribution is -2.61. The Kier molecular flexibility index (Phi) is 4.01. The van der Waals surface area contributed by atoms with E-state index in [0.29, 0.717) is 12.1 Å². The van der Waals surface area contributed by atoms with Gasteiger partial charge in [0.2, 0.25) is 0 Å². The highest BCUT2D eigenvalue weighted by molar-refractivity contribution is 5.81. The summed E-state index contributed by atoms with van der Waals surface area (Å²) in [5.74, 6) is 5.22. The molecule has 2 fully saturated rings. The second-order valence-electron chi connectivity index (χ2n) is 5.27. The van der Waals surface area contributed by atoms with Gasteiger partial charge >= 0.3 is 0 Å². The molecule has 0 aromatic rings. The van der Waals surface area contributed by atoms with Gasteiger partial charge in [0, 0.05) is 25.2 Å². The maximum absolute atomic E-state index is 11.8. The topological polar surface area (TPSA) is 61.6 Å². The molecule has 98 valence electrons. The first-order valence-corrected chi connectivity index (χ1v) is 6.67. The molecule has 0 aromatic carbocycles. The van der Waals surface area contributed by atoms with Gasteiger partial charge in [-0.2, -0.15) is 0 Å². The largest absolute Gasteiger partial charge is 0.298 e. The lowest BCUT2D eigenvalue weighted by atomic mass is 10.0. The summed E-state index contributed by atoms with van der Waals surface area (Å²) in [6, 6.07) is 1.01. The molecule has 5 heteroatoms. The summed E-state index contributed by atoms with van der Waals surface area (Å²) >= 11 is 0. The Balaban J connectivity index is 2.06. The van der Waals surface area contributed by atoms with Crippen LogP contribution in [0.15, 0.2) is 0 Å². The number of carbonyl (C=O) groups excluding carboxylic acids is 1. The molecule has 0 bridgehead atoms. The van der Waals surface area contributed by atoms with Crippen LogP contribution in [0.3, 0.4) is 0 Å². The van der Waals surface area contributed by atoms with Crippen LogP contribution in [0, 0.1) is 0 Å². The Morgan fingerprint density at radius 2 is 2.29 bits per heavy atom. The van der Waals surface area contributed by atoms with Crippen molar-refractivity contribution in [1.82, 2.24) is 15.2 Å². The van der Waals surface area contributed by atoms with Crippen LogP contribution in [0.1, 0.15) is 33.1 Å². The molecular formula is C12H24N4O. The molecule has 2 aliphatic rings. The van der Waals surface area contributed by atoms with E-state index in [9.17, 15) is 4.79 Å². The average Bonchev–Trinajstić information content (AvgIpc) is 2.76. The fraction of sp³-hybridized carbons (Fsp3) is 0.917. The van der Waals surface area contributed by atoms with Crippen LogP contribution < -0.4 is 11.3 Å². The monoisotopic (exact) mass is 240 g/mol. The van der Waals surface area contributed by atoms with Crippen molar-refractivity contribution in [3.8, 4) is 0 Å². The summed E-state index contributed by atoms with van der Waals surface area (Å²) in [5.41, 5.74) is 2.30. The molecule has 3 N–H and O–H groups in total. The van der Waals surface area contributed by atoms with E-state index in [1.54, 1.807) is 0 Å². The van der Waals surface area contributed by atoms with Crippen LogP contribution in [0.25, 0.3) is 0 Å². The Morgan fingerprint density at radius 1 is 1.53 bits per heavy atom. The van der Waals surface area contributed by atoms with E-state index in [1.807, 2.05) is 6.92 Å². The summed E-state index contributed by atoms with van der Waals surface area (Å²) in [4.78, 5) is 16.7. The lowest BCUT2D eigenvalue weighted by molar-refractivity contribution is -0.129. The molecule has 0 aliphatic carbocycles. The Hall–Kier alpha value is -0.650. The molecule has 3 unspecified atom stereocenters. The highest BCUT2D eigenvalue weighted by Gasteiger charge is 2.38. The van der Waals surface area contributed by atoms with Crippen molar-refractivity contribution in [2.45, 2.75) is 51.2 Å². The zero-order valence-electron chi connectivity index (χ0n) is 10.9. The second-order valence-corrected chi connectivity index (χ2v) is 5.27. The van der Waals surface area contributed by atoms with Gasteiger partial charge in [0.05, 0.1) is 6.04 Å². The highest BCUT2D eigenvalue weighted by Crippen LogP contribution is 2.26. The molecule has 1 amide bonds. The normalized spacial score (nSPS) is 32.2. The van der Waals surface area contributed by atoms with Gasteiger partial charge in [0.25, 0.3) is 5.91 Å². The Bertz CT molecular complexity index is 284. The fourth-order valence-electron chi connectivity index (χ4n) is 3.31. The van der Waals surface area contributed by atoms with Crippen LogP contribution in [0.5, 0.6) is 0 Å². The molecular weight excluding hydrogens is 216 g/mol. The second kappa shape index (κ2) is 5.33. The zero-order valence-corrected chi connectivity index (χ0v) is 10.9. The zero-order chi connectivity index (χ0) is 12.4. The fourth-order valence-corrected chi connectivity index (χ4v) is 3.31. The number of carbonyl (C=O) groups is 1. The number of hydrogen-bond acceptors (Lipinski definition) is 4. The highest BCUT2D eigenvalue weighted by atomic mass is 16.2. The average molecular weight is 240 g/mol. The van der Waals surface area contributed by atoms with Crippen molar-refractivity contribution >= 4 is 5.91 Å². The molecule has 0 saturated carbocycles. The Labute approximate surface area is 103 Å². The maximum Gasteiger partial charge on any atom is 0.251 e. The van der Waals surface area contributed by atoms with Gasteiger partial charge in [-0.25, -0.2) is 5.84 Å². The smallest absolute Gasteiger partial charge is 0.251 e. The first-order valence-electron chi connectivity index (χ1n) is 6.67. The molecule has 0 aromatic heterocycles. The summed E-state index contributed by atoms with van der Waals surface area (Å²) in [6.45, 7) is 7.57. The van der Waals surface area contributed by atoms with Gasteiger partial charge in [0.1, 0.15) is 0 Å². The molecule has 17 heavy (non-hydrogen) atoms. The third-order valence-electron chi connectivity index (χ3n) is 4.22. The van der Waals surface area contributed by atoms with E-state index >= 15 is 0 Å². The van der Waals surface area contributed by atoms with Gasteiger partial charge in [0.15, 0.2) is 0 Å². The third-order valence-corrected chi connectivity index (χ3v) is 4.22. The SMILES string of the molecule is CCC(C(=O)NN)N1CC2CCCN2CC1C. The Morgan fingerprint density at radius 3 is 2.94 bits per heavy atom. The predicted molar refractivity (Wildman–Crippen MR) is 67.2 cm³/mol. The summed E-state index contributed by atoms with van der Waals surface area (Å²) < 4.78 is 0. The van der Waals surface area contributed by atoms with E-state index in [0.717, 1.165) is 19.5 Å². The van der Waals surface area contributed by atoms with Gasteiger partial charge in [-0.1, -0.05) is 6.92 Å². The predicted octanol–water partition coefficient (Wildman–Crippen LogP) is -0.0766. The van der Waals surface area contributed by atoms with E-state index in [4.69, 9.17) is 5.84 Å². The number of nitrogens with one attached hydrogen (secondary N) is 1. The van der Waals surface area contributed by atoms with Crippen molar-refractivity contribution in [2.24, 2.45) is 5.84 Å². The van der Waals surface area contributed by atoms with Crippen LogP contribution >= 0.6 is 0 Å². The minimum Gasteiger partial charge on any atom is -0.298 e. The molecule has 2 aliphatic heterocycles. The summed E-state index contributed by atoms with van der Waals surface area (Å²) in [5, 5.41) is 0. The van der Waals surface area contributed by atoms with Crippen molar-refractivity contribution in [1.29, 1.82) is 0 Å². The minimum absolute atomic E-state index is 0.0502. The lowest BCUT2D eigenvalue weighted by Gasteiger charge is -2.45. The molecule has 0 radical (unpaired) electrons. The van der Waals surface area contributed by atoms with Gasteiger partial charge in [-0.15, -0.1) is 0 Å². The number of amides is 1. The first kappa shape index (κ1) is 12.8. The standard InChI is InChI=1S/C12H24N4O/c1-3-11(12(17)14-13)16-8-10-5-4-6-15(10)7-9(16)2/h9-11H,3-8,13H2,1-2H3,(H,14,17).